The van der Waals surface area contributed by atoms with Crippen LogP contribution in [0.5, 0.6) is 0 Å². The molecule has 0 bridgehead atoms. The molecule has 25 heavy (non-hydrogen) atoms. The number of anilines is 1. The van der Waals surface area contributed by atoms with Gasteiger partial charge < -0.3 is 10.2 Å². The summed E-state index contributed by atoms with van der Waals surface area (Å²) >= 11 is 7.45. The molecule has 5 nitrogen and oxygen atoms in total. The van der Waals surface area contributed by atoms with Gasteiger partial charge in [-0.05, 0) is 23.8 Å². The first-order valence-electron chi connectivity index (χ1n) is 7.94. The fourth-order valence-electron chi connectivity index (χ4n) is 2.74. The molecule has 0 aliphatic carbocycles. The zero-order valence-corrected chi connectivity index (χ0v) is 15.1. The first kappa shape index (κ1) is 17.6. The van der Waals surface area contributed by atoms with Crippen LogP contribution in [0.2, 0.25) is 5.02 Å². The molecular weight excluding hydrogens is 358 g/mol. The molecule has 130 valence electrons. The molecule has 0 spiro atoms. The Bertz CT molecular complexity index is 799. The summed E-state index contributed by atoms with van der Waals surface area (Å²) in [6, 6.07) is 7.69. The molecule has 0 radical (unpaired) electrons. The second-order valence-electron chi connectivity index (χ2n) is 6.00. The van der Waals surface area contributed by atoms with Gasteiger partial charge in [0.05, 0.1) is 0 Å². The molecule has 0 unspecified atom stereocenters. The number of nitrogens with one attached hydrogen (secondary N) is 1. The van der Waals surface area contributed by atoms with Crippen molar-refractivity contribution in [1.82, 2.24) is 9.88 Å². The number of nitrogens with zero attached hydrogens (tertiary/aromatic N) is 2. The van der Waals surface area contributed by atoms with Gasteiger partial charge in [0.2, 0.25) is 11.8 Å². The monoisotopic (exact) mass is 375 g/mol. The number of halogens is 1. The number of amides is 2. The van der Waals surface area contributed by atoms with E-state index in [0.29, 0.717) is 29.7 Å². The van der Waals surface area contributed by atoms with E-state index in [1.165, 1.54) is 17.4 Å². The third-order valence-corrected chi connectivity index (χ3v) is 5.13. The number of benzene rings is 1. The van der Waals surface area contributed by atoms with Crippen molar-refractivity contribution < 1.29 is 9.59 Å². The van der Waals surface area contributed by atoms with Gasteiger partial charge in [0.1, 0.15) is 0 Å². The van der Waals surface area contributed by atoms with E-state index >= 15 is 0 Å². The van der Waals surface area contributed by atoms with Crippen molar-refractivity contribution in [3.05, 3.63) is 58.6 Å². The normalized spacial score (nSPS) is 14.0. The van der Waals surface area contributed by atoms with Gasteiger partial charge in [0, 0.05) is 47.9 Å². The van der Waals surface area contributed by atoms with Crippen LogP contribution >= 0.6 is 22.9 Å². The van der Waals surface area contributed by atoms with Crippen molar-refractivity contribution in [3.63, 3.8) is 0 Å². The molecule has 1 fully saturated rings. The van der Waals surface area contributed by atoms with Crippen molar-refractivity contribution in [2.24, 2.45) is 5.92 Å². The molecule has 1 N–H and O–H groups in total. The Hall–Kier alpha value is -2.18. The van der Waals surface area contributed by atoms with Crippen LogP contribution in [0.25, 0.3) is 0 Å². The van der Waals surface area contributed by atoms with Crippen LogP contribution in [0, 0.1) is 5.92 Å². The molecule has 2 amide bonds. The smallest absolute Gasteiger partial charge is 0.245 e. The summed E-state index contributed by atoms with van der Waals surface area (Å²) in [4.78, 5) is 30.5. The van der Waals surface area contributed by atoms with E-state index in [-0.39, 0.29) is 17.7 Å². The molecule has 2 heterocycles. The Kier molecular flexibility index (Phi) is 5.50. The Morgan fingerprint density at radius 2 is 2.24 bits per heavy atom. The van der Waals surface area contributed by atoms with E-state index in [0.717, 1.165) is 16.9 Å². The summed E-state index contributed by atoms with van der Waals surface area (Å²) < 4.78 is 0. The number of carbonyl (C=O) groups is 2. The number of hydrogen-bond donors (Lipinski definition) is 1. The molecule has 1 aromatic carbocycles. The molecule has 1 aliphatic rings. The van der Waals surface area contributed by atoms with Crippen LogP contribution in [0.4, 0.5) is 5.13 Å². The fraction of sp³-hybridized carbons (Fsp3) is 0.278. The highest BCUT2D eigenvalue weighted by atomic mass is 35.5. The highest BCUT2D eigenvalue weighted by Crippen LogP contribution is 2.24. The first-order valence-corrected chi connectivity index (χ1v) is 9.13. The minimum absolute atomic E-state index is 0.0700. The number of rotatable bonds is 6. The lowest BCUT2D eigenvalue weighted by Crippen LogP contribution is -2.50. The van der Waals surface area contributed by atoms with Crippen LogP contribution in [0.1, 0.15) is 16.9 Å². The van der Waals surface area contributed by atoms with Gasteiger partial charge in [-0.15, -0.1) is 11.3 Å². The zero-order chi connectivity index (χ0) is 17.8. The third-order valence-electron chi connectivity index (χ3n) is 3.98. The predicted molar refractivity (Wildman–Crippen MR) is 99.9 cm³/mol. The largest absolute Gasteiger partial charge is 0.338 e. The van der Waals surface area contributed by atoms with Gasteiger partial charge in [0.15, 0.2) is 5.13 Å². The number of carbonyl (C=O) groups excluding carboxylic acids is 2. The van der Waals surface area contributed by atoms with Crippen molar-refractivity contribution >= 4 is 39.9 Å². The quantitative estimate of drug-likeness (QED) is 0.787. The van der Waals surface area contributed by atoms with E-state index in [2.05, 4.69) is 16.9 Å². The maximum atomic E-state index is 12.1. The Morgan fingerprint density at radius 1 is 1.44 bits per heavy atom. The van der Waals surface area contributed by atoms with Gasteiger partial charge in [-0.25, -0.2) is 4.98 Å². The topological polar surface area (TPSA) is 62.3 Å². The second kappa shape index (κ2) is 7.80. The van der Waals surface area contributed by atoms with Crippen LogP contribution in [0.3, 0.4) is 0 Å². The summed E-state index contributed by atoms with van der Waals surface area (Å²) in [6.45, 7) is 4.67. The fourth-order valence-corrected chi connectivity index (χ4v) is 3.81. The van der Waals surface area contributed by atoms with Crippen molar-refractivity contribution in [3.8, 4) is 0 Å². The molecule has 1 aromatic heterocycles. The van der Waals surface area contributed by atoms with Crippen molar-refractivity contribution in [2.75, 3.05) is 18.4 Å². The highest BCUT2D eigenvalue weighted by Gasteiger charge is 2.30. The molecule has 1 aliphatic heterocycles. The molecule has 3 rings (SSSR count). The second-order valence-corrected chi connectivity index (χ2v) is 7.56. The molecule has 2 aromatic rings. The molecule has 0 atom stereocenters. The maximum absolute atomic E-state index is 12.1. The molecule has 0 saturated carbocycles. The zero-order valence-electron chi connectivity index (χ0n) is 13.6. The van der Waals surface area contributed by atoms with Crippen LogP contribution in [0.15, 0.2) is 43.1 Å². The standard InChI is InChI=1S/C18H18ClN3O2S/c1-2-17(24)22-10-13(11-22)8-16(23)21-18-20-9-15(25-18)7-12-4-3-5-14(19)6-12/h2-6,9,13H,1,7-8,10-11H2,(H,20,21,23). The van der Waals surface area contributed by atoms with Crippen LogP contribution in [-0.4, -0.2) is 34.8 Å². The Balaban J connectivity index is 1.47. The summed E-state index contributed by atoms with van der Waals surface area (Å²) in [7, 11) is 0. The highest BCUT2D eigenvalue weighted by molar-refractivity contribution is 7.15. The minimum atomic E-state index is -0.0813. The number of likely N-dealkylation sites (tertiary alicyclic amines) is 1. The van der Waals surface area contributed by atoms with E-state index in [1.807, 2.05) is 24.3 Å². The first-order chi connectivity index (χ1) is 12.0. The third kappa shape index (κ3) is 4.67. The molecular formula is C18H18ClN3O2S. The van der Waals surface area contributed by atoms with Gasteiger partial charge in [0.25, 0.3) is 0 Å². The number of hydrogen-bond acceptors (Lipinski definition) is 4. The van der Waals surface area contributed by atoms with Gasteiger partial charge >= 0.3 is 0 Å². The molecule has 7 heteroatoms. The number of aromatic nitrogens is 1. The van der Waals surface area contributed by atoms with Crippen molar-refractivity contribution in [1.29, 1.82) is 0 Å². The summed E-state index contributed by atoms with van der Waals surface area (Å²) in [5, 5.41) is 4.14. The lowest BCUT2D eigenvalue weighted by atomic mass is 9.96. The average molecular weight is 376 g/mol. The van der Waals surface area contributed by atoms with Gasteiger partial charge in [-0.2, -0.15) is 0 Å². The Morgan fingerprint density at radius 3 is 2.96 bits per heavy atom. The summed E-state index contributed by atoms with van der Waals surface area (Å²) in [5.74, 6) is 0.0522. The van der Waals surface area contributed by atoms with E-state index in [4.69, 9.17) is 11.6 Å². The average Bonchev–Trinajstić information content (AvgIpc) is 2.96. The van der Waals surface area contributed by atoms with Gasteiger partial charge in [-0.1, -0.05) is 30.3 Å². The lowest BCUT2D eigenvalue weighted by Gasteiger charge is -2.38. The number of thiazole rings is 1. The van der Waals surface area contributed by atoms with Gasteiger partial charge in [-0.3, -0.25) is 9.59 Å². The lowest BCUT2D eigenvalue weighted by molar-refractivity contribution is -0.134. The van der Waals surface area contributed by atoms with Crippen LogP contribution in [-0.2, 0) is 16.0 Å². The van der Waals surface area contributed by atoms with E-state index < -0.39 is 0 Å². The summed E-state index contributed by atoms with van der Waals surface area (Å²) in [6.07, 6.45) is 4.20. The predicted octanol–water partition coefficient (Wildman–Crippen LogP) is 3.36. The SMILES string of the molecule is C=CC(=O)N1CC(CC(=O)Nc2ncc(Cc3cccc(Cl)c3)s2)C1. The van der Waals surface area contributed by atoms with Crippen LogP contribution < -0.4 is 5.32 Å². The van der Waals surface area contributed by atoms with E-state index in [9.17, 15) is 9.59 Å². The Labute approximate surface area is 155 Å². The maximum Gasteiger partial charge on any atom is 0.245 e. The van der Waals surface area contributed by atoms with E-state index in [1.54, 1.807) is 11.1 Å². The summed E-state index contributed by atoms with van der Waals surface area (Å²) in [5.41, 5.74) is 1.11. The molecule has 1 saturated heterocycles. The minimum Gasteiger partial charge on any atom is -0.338 e. The van der Waals surface area contributed by atoms with Crippen molar-refractivity contribution in [2.45, 2.75) is 12.8 Å².